The van der Waals surface area contributed by atoms with E-state index in [-0.39, 0.29) is 5.78 Å². The first kappa shape index (κ1) is 22.4. The Morgan fingerprint density at radius 2 is 1.69 bits per heavy atom. The molecule has 1 N–H and O–H groups in total. The van der Waals surface area contributed by atoms with Crippen molar-refractivity contribution in [2.45, 2.75) is 19.8 Å². The molecule has 0 radical (unpaired) electrons. The molecule has 176 valence electrons. The molecule has 1 aromatic heterocycles. The highest BCUT2D eigenvalue weighted by atomic mass is 16.5. The fraction of sp³-hybridized carbons (Fsp3) is 0.179. The van der Waals surface area contributed by atoms with Gasteiger partial charge in [-0.25, -0.2) is 9.59 Å². The first-order valence-electron chi connectivity index (χ1n) is 11.3. The van der Waals surface area contributed by atoms with Gasteiger partial charge in [0.15, 0.2) is 5.78 Å². The van der Waals surface area contributed by atoms with E-state index >= 15 is 0 Å². The van der Waals surface area contributed by atoms with Crippen LogP contribution in [0.25, 0.3) is 17.0 Å². The lowest BCUT2D eigenvalue weighted by Gasteiger charge is -2.27. The molecule has 2 aromatic carbocycles. The lowest BCUT2D eigenvalue weighted by atomic mass is 9.83. The number of hydrogen-bond acceptors (Lipinski definition) is 7. The number of carbonyl (C=O) groups excluding carboxylic acids is 3. The predicted octanol–water partition coefficient (Wildman–Crippen LogP) is 4.86. The van der Waals surface area contributed by atoms with E-state index in [0.29, 0.717) is 51.8 Å². The summed E-state index contributed by atoms with van der Waals surface area (Å²) in [5.41, 5.74) is 4.61. The topological polar surface area (TPSA) is 94.8 Å². The zero-order valence-corrected chi connectivity index (χ0v) is 19.5. The van der Waals surface area contributed by atoms with Crippen LogP contribution >= 0.6 is 0 Å². The van der Waals surface area contributed by atoms with Crippen molar-refractivity contribution in [2.75, 3.05) is 13.7 Å². The van der Waals surface area contributed by atoms with Crippen LogP contribution in [0.5, 0.6) is 0 Å². The third kappa shape index (κ3) is 3.65. The lowest BCUT2D eigenvalue weighted by molar-refractivity contribution is -0.136. The third-order valence-corrected chi connectivity index (χ3v) is 6.25. The zero-order chi connectivity index (χ0) is 24.7. The molecule has 0 unspecified atom stereocenters. The molecule has 0 saturated heterocycles. The number of carbonyl (C=O) groups is 3. The Kier molecular flexibility index (Phi) is 5.61. The van der Waals surface area contributed by atoms with Gasteiger partial charge >= 0.3 is 11.9 Å². The Labute approximate surface area is 202 Å². The van der Waals surface area contributed by atoms with Crippen LogP contribution in [-0.2, 0) is 14.3 Å². The van der Waals surface area contributed by atoms with Gasteiger partial charge in [0.1, 0.15) is 11.5 Å². The molecule has 0 spiro atoms. The van der Waals surface area contributed by atoms with Crippen molar-refractivity contribution in [1.29, 1.82) is 0 Å². The third-order valence-electron chi connectivity index (χ3n) is 6.25. The van der Waals surface area contributed by atoms with Crippen LogP contribution in [0.2, 0.25) is 0 Å². The number of allylic oxidation sites excluding steroid dienone is 2. The first-order valence-corrected chi connectivity index (χ1v) is 11.3. The Bertz CT molecular complexity index is 1420. The number of furan rings is 1. The Morgan fingerprint density at radius 1 is 0.971 bits per heavy atom. The number of ketones is 1. The molecule has 2 heterocycles. The van der Waals surface area contributed by atoms with Gasteiger partial charge in [-0.1, -0.05) is 36.4 Å². The minimum atomic E-state index is -0.730. The van der Waals surface area contributed by atoms with E-state index in [0.717, 1.165) is 11.1 Å². The number of benzene rings is 2. The zero-order valence-electron chi connectivity index (χ0n) is 19.5. The maximum atomic E-state index is 13.5. The van der Waals surface area contributed by atoms with E-state index in [1.807, 2.05) is 18.2 Å². The number of hydrogen-bond donors (Lipinski definition) is 1. The van der Waals surface area contributed by atoms with Gasteiger partial charge in [-0.05, 0) is 38.1 Å². The molecular weight excluding hydrogens is 446 g/mol. The normalized spacial score (nSPS) is 16.5. The van der Waals surface area contributed by atoms with Crippen LogP contribution in [0.3, 0.4) is 0 Å². The van der Waals surface area contributed by atoms with E-state index in [1.165, 1.54) is 7.11 Å². The fourth-order valence-corrected chi connectivity index (χ4v) is 4.64. The molecule has 5 rings (SSSR count). The number of nitrogens with one attached hydrogen (secondary N) is 1. The molecule has 35 heavy (non-hydrogen) atoms. The predicted molar refractivity (Wildman–Crippen MR) is 128 cm³/mol. The summed E-state index contributed by atoms with van der Waals surface area (Å²) >= 11 is 0. The van der Waals surface area contributed by atoms with Crippen molar-refractivity contribution >= 4 is 23.4 Å². The quantitative estimate of drug-likeness (QED) is 0.533. The SMILES string of the molecule is CCOC(=O)c1ccc(-c2ccc([C@H]3C(C(=O)OC)=C(C)NC4=C3C(=O)c3ccccc34)o2)cc1. The highest BCUT2D eigenvalue weighted by Gasteiger charge is 2.44. The number of ether oxygens (including phenoxy) is 2. The van der Waals surface area contributed by atoms with Crippen LogP contribution in [0.15, 0.2) is 81.9 Å². The minimum absolute atomic E-state index is 0.154. The number of dihydropyridines is 1. The van der Waals surface area contributed by atoms with Crippen LogP contribution < -0.4 is 5.32 Å². The molecule has 1 aliphatic heterocycles. The molecular formula is C28H23NO6. The van der Waals surface area contributed by atoms with E-state index in [2.05, 4.69) is 5.32 Å². The highest BCUT2D eigenvalue weighted by molar-refractivity contribution is 6.23. The van der Waals surface area contributed by atoms with Gasteiger partial charge in [0, 0.05) is 28.0 Å². The molecule has 7 nitrogen and oxygen atoms in total. The van der Waals surface area contributed by atoms with Gasteiger partial charge in [-0.2, -0.15) is 0 Å². The molecule has 3 aromatic rings. The number of Topliss-reactive ketones (excluding diaryl/α,β-unsaturated/α-hetero) is 1. The molecule has 1 atom stereocenters. The van der Waals surface area contributed by atoms with E-state index < -0.39 is 17.9 Å². The van der Waals surface area contributed by atoms with Crippen molar-refractivity contribution in [1.82, 2.24) is 5.32 Å². The number of methoxy groups -OCH3 is 1. The Hall–Kier alpha value is -4.39. The maximum absolute atomic E-state index is 13.5. The van der Waals surface area contributed by atoms with E-state index in [9.17, 15) is 14.4 Å². The second kappa shape index (κ2) is 8.76. The summed E-state index contributed by atoms with van der Waals surface area (Å²) in [4.78, 5) is 38.2. The summed E-state index contributed by atoms with van der Waals surface area (Å²) in [6.45, 7) is 3.84. The van der Waals surface area contributed by atoms with E-state index in [1.54, 1.807) is 56.3 Å². The highest BCUT2D eigenvalue weighted by Crippen LogP contribution is 2.47. The summed E-state index contributed by atoms with van der Waals surface area (Å²) in [7, 11) is 1.31. The largest absolute Gasteiger partial charge is 0.466 e. The second-order valence-corrected chi connectivity index (χ2v) is 8.25. The smallest absolute Gasteiger partial charge is 0.338 e. The maximum Gasteiger partial charge on any atom is 0.338 e. The molecule has 0 fully saturated rings. The fourth-order valence-electron chi connectivity index (χ4n) is 4.64. The van der Waals surface area contributed by atoms with Crippen LogP contribution in [0, 0.1) is 0 Å². The van der Waals surface area contributed by atoms with E-state index in [4.69, 9.17) is 13.9 Å². The summed E-state index contributed by atoms with van der Waals surface area (Å²) in [5.74, 6) is -0.821. The average molecular weight is 469 g/mol. The van der Waals surface area contributed by atoms with Crippen LogP contribution in [0.1, 0.15) is 51.8 Å². The summed E-state index contributed by atoms with van der Waals surface area (Å²) < 4.78 is 16.3. The molecule has 0 amide bonds. The molecule has 7 heteroatoms. The Balaban J connectivity index is 1.57. The Morgan fingerprint density at radius 3 is 2.37 bits per heavy atom. The second-order valence-electron chi connectivity index (χ2n) is 8.25. The summed E-state index contributed by atoms with van der Waals surface area (Å²) in [6, 6.07) is 17.8. The van der Waals surface area contributed by atoms with Crippen LogP contribution in [-0.4, -0.2) is 31.4 Å². The molecule has 0 bridgehead atoms. The van der Waals surface area contributed by atoms with Crippen molar-refractivity contribution < 1.29 is 28.3 Å². The minimum Gasteiger partial charge on any atom is -0.466 e. The number of rotatable bonds is 5. The van der Waals surface area contributed by atoms with Crippen LogP contribution in [0.4, 0.5) is 0 Å². The number of esters is 2. The van der Waals surface area contributed by atoms with Gasteiger partial charge in [0.05, 0.1) is 36.5 Å². The average Bonchev–Trinajstić information content (AvgIpc) is 3.47. The number of fused-ring (bicyclic) bond motifs is 2. The van der Waals surface area contributed by atoms with Gasteiger partial charge in [0.25, 0.3) is 0 Å². The standard InChI is InChI=1S/C28H23NO6/c1-4-34-27(31)17-11-9-16(10-12-17)20-13-14-21(35-20)23-22(28(32)33-3)15(2)29-25-18-7-5-6-8-19(18)26(30)24(23)25/h5-14,23,29H,4H2,1-3H3/t23-/m0/s1. The van der Waals surface area contributed by atoms with Crippen molar-refractivity contribution in [3.63, 3.8) is 0 Å². The summed E-state index contributed by atoms with van der Waals surface area (Å²) in [6.07, 6.45) is 0. The van der Waals surface area contributed by atoms with Crippen molar-refractivity contribution in [3.8, 4) is 11.3 Å². The molecule has 2 aliphatic rings. The van der Waals surface area contributed by atoms with Crippen molar-refractivity contribution in [2.24, 2.45) is 0 Å². The lowest BCUT2D eigenvalue weighted by Crippen LogP contribution is -2.28. The molecule has 0 saturated carbocycles. The summed E-state index contributed by atoms with van der Waals surface area (Å²) in [5, 5.41) is 3.25. The van der Waals surface area contributed by atoms with Gasteiger partial charge in [0.2, 0.25) is 0 Å². The first-order chi connectivity index (χ1) is 16.9. The van der Waals surface area contributed by atoms with Gasteiger partial charge < -0.3 is 19.2 Å². The van der Waals surface area contributed by atoms with Gasteiger partial charge in [-0.3, -0.25) is 4.79 Å². The monoisotopic (exact) mass is 469 g/mol. The molecule has 1 aliphatic carbocycles. The van der Waals surface area contributed by atoms with Crippen molar-refractivity contribution in [3.05, 3.63) is 100.0 Å². The van der Waals surface area contributed by atoms with Gasteiger partial charge in [-0.15, -0.1) is 0 Å².